The molecule has 0 atom stereocenters. The van der Waals surface area contributed by atoms with Gasteiger partial charge in [0.15, 0.2) is 10.8 Å². The van der Waals surface area contributed by atoms with Crippen LogP contribution in [0.3, 0.4) is 0 Å². The highest BCUT2D eigenvalue weighted by molar-refractivity contribution is 8.13. The highest BCUT2D eigenvalue weighted by Crippen LogP contribution is 2.30. The van der Waals surface area contributed by atoms with Crippen LogP contribution in [-0.4, -0.2) is 19.8 Å². The minimum atomic E-state index is -5.01. The Morgan fingerprint density at radius 3 is 2.44 bits per heavy atom. The maximum atomic E-state index is 12.0. The topological polar surface area (TPSA) is 80.1 Å². The molecule has 0 aliphatic rings. The SMILES string of the molecule is Cc1c(S(=O)(=O)Cl)ncc(OC(F)(F)F)c1C#N. The van der Waals surface area contributed by atoms with Crippen LogP contribution in [0.4, 0.5) is 13.2 Å². The summed E-state index contributed by atoms with van der Waals surface area (Å²) in [6, 6.07) is 1.41. The van der Waals surface area contributed by atoms with Crippen LogP contribution in [0.1, 0.15) is 11.1 Å². The van der Waals surface area contributed by atoms with Crippen molar-refractivity contribution in [3.8, 4) is 11.8 Å². The zero-order valence-corrected chi connectivity index (χ0v) is 10.2. The summed E-state index contributed by atoms with van der Waals surface area (Å²) in [7, 11) is 0.762. The first kappa shape index (κ1) is 14.5. The molecule has 0 radical (unpaired) electrons. The molecule has 0 aliphatic carbocycles. The third kappa shape index (κ3) is 3.24. The predicted octanol–water partition coefficient (Wildman–Crippen LogP) is 2.09. The number of nitriles is 1. The number of ether oxygens (including phenoxy) is 1. The van der Waals surface area contributed by atoms with E-state index in [1.807, 2.05) is 0 Å². The van der Waals surface area contributed by atoms with Crippen LogP contribution in [0.25, 0.3) is 0 Å². The fourth-order valence-electron chi connectivity index (χ4n) is 1.16. The van der Waals surface area contributed by atoms with E-state index < -0.39 is 31.8 Å². The largest absolute Gasteiger partial charge is 0.573 e. The highest BCUT2D eigenvalue weighted by atomic mass is 35.7. The molecular formula is C8H4ClF3N2O3S. The Kier molecular flexibility index (Phi) is 3.73. The summed E-state index contributed by atoms with van der Waals surface area (Å²) in [5, 5.41) is 8.04. The van der Waals surface area contributed by atoms with Gasteiger partial charge in [0.2, 0.25) is 0 Å². The third-order valence-electron chi connectivity index (χ3n) is 1.81. The van der Waals surface area contributed by atoms with Crippen LogP contribution >= 0.6 is 10.7 Å². The van der Waals surface area contributed by atoms with Crippen molar-refractivity contribution in [1.82, 2.24) is 4.98 Å². The van der Waals surface area contributed by atoms with Crippen molar-refractivity contribution in [2.45, 2.75) is 18.3 Å². The Morgan fingerprint density at radius 2 is 2.06 bits per heavy atom. The van der Waals surface area contributed by atoms with Gasteiger partial charge in [-0.2, -0.15) is 5.26 Å². The minimum absolute atomic E-state index is 0.311. The monoisotopic (exact) mass is 300 g/mol. The van der Waals surface area contributed by atoms with Crippen molar-refractivity contribution in [3.63, 3.8) is 0 Å². The quantitative estimate of drug-likeness (QED) is 0.781. The number of aromatic nitrogens is 1. The number of rotatable bonds is 2. The normalized spacial score (nSPS) is 12.0. The van der Waals surface area contributed by atoms with Crippen LogP contribution in [0, 0.1) is 18.3 Å². The van der Waals surface area contributed by atoms with Gasteiger partial charge in [-0.1, -0.05) is 0 Å². The van der Waals surface area contributed by atoms with Gasteiger partial charge in [-0.05, 0) is 6.92 Å². The van der Waals surface area contributed by atoms with Crippen molar-refractivity contribution < 1.29 is 26.3 Å². The van der Waals surface area contributed by atoms with Crippen LogP contribution in [0.15, 0.2) is 11.2 Å². The molecule has 0 aliphatic heterocycles. The lowest BCUT2D eigenvalue weighted by atomic mass is 10.1. The molecule has 1 aromatic heterocycles. The summed E-state index contributed by atoms with van der Waals surface area (Å²) < 4.78 is 61.7. The molecule has 5 nitrogen and oxygen atoms in total. The molecule has 0 spiro atoms. The Hall–Kier alpha value is -1.53. The summed E-state index contributed by atoms with van der Waals surface area (Å²) in [4.78, 5) is 3.25. The van der Waals surface area contributed by atoms with Crippen molar-refractivity contribution >= 4 is 19.7 Å². The Morgan fingerprint density at radius 1 is 1.50 bits per heavy atom. The van der Waals surface area contributed by atoms with Gasteiger partial charge >= 0.3 is 6.36 Å². The maximum Gasteiger partial charge on any atom is 0.573 e. The van der Waals surface area contributed by atoms with Gasteiger partial charge in [0, 0.05) is 16.2 Å². The molecule has 0 N–H and O–H groups in total. The van der Waals surface area contributed by atoms with Gasteiger partial charge in [0.05, 0.1) is 6.20 Å². The van der Waals surface area contributed by atoms with Crippen molar-refractivity contribution in [2.75, 3.05) is 0 Å². The van der Waals surface area contributed by atoms with E-state index in [9.17, 15) is 21.6 Å². The van der Waals surface area contributed by atoms with E-state index in [0.717, 1.165) is 6.92 Å². The predicted molar refractivity (Wildman–Crippen MR) is 53.4 cm³/mol. The number of nitrogens with zero attached hydrogens (tertiary/aromatic N) is 2. The summed E-state index contributed by atoms with van der Waals surface area (Å²) in [6.45, 7) is 1.10. The van der Waals surface area contributed by atoms with Gasteiger partial charge < -0.3 is 4.74 Å². The average molecular weight is 301 g/mol. The van der Waals surface area contributed by atoms with Gasteiger partial charge in [0.1, 0.15) is 11.6 Å². The first-order valence-electron chi connectivity index (χ1n) is 4.16. The van der Waals surface area contributed by atoms with E-state index in [2.05, 4.69) is 9.72 Å². The molecule has 0 aromatic carbocycles. The van der Waals surface area contributed by atoms with Gasteiger partial charge in [-0.25, -0.2) is 13.4 Å². The van der Waals surface area contributed by atoms with Gasteiger partial charge in [0.25, 0.3) is 9.05 Å². The molecule has 1 aromatic rings. The van der Waals surface area contributed by atoms with E-state index in [0.29, 0.717) is 6.20 Å². The first-order valence-corrected chi connectivity index (χ1v) is 6.47. The molecule has 1 heterocycles. The maximum absolute atomic E-state index is 12.0. The summed E-state index contributed by atoms with van der Waals surface area (Å²) in [5.41, 5.74) is -0.907. The second kappa shape index (κ2) is 4.62. The lowest BCUT2D eigenvalue weighted by Crippen LogP contribution is -2.18. The first-order chi connectivity index (χ1) is 8.06. The molecule has 18 heavy (non-hydrogen) atoms. The van der Waals surface area contributed by atoms with Crippen LogP contribution < -0.4 is 4.74 Å². The fourth-order valence-corrected chi connectivity index (χ4v) is 2.27. The van der Waals surface area contributed by atoms with Gasteiger partial charge in [-0.3, -0.25) is 0 Å². The molecule has 10 heteroatoms. The number of halogens is 4. The second-order valence-corrected chi connectivity index (χ2v) is 5.51. The molecule has 0 amide bonds. The van der Waals surface area contributed by atoms with Gasteiger partial charge in [-0.15, -0.1) is 13.2 Å². The summed E-state index contributed by atoms with van der Waals surface area (Å²) in [6.07, 6.45) is -4.53. The Balaban J connectivity index is 3.45. The molecule has 0 bridgehead atoms. The number of pyridine rings is 1. The minimum Gasteiger partial charge on any atom is -0.403 e. The van der Waals surface area contributed by atoms with E-state index in [-0.39, 0.29) is 5.56 Å². The molecule has 98 valence electrons. The average Bonchev–Trinajstić information content (AvgIpc) is 2.13. The van der Waals surface area contributed by atoms with E-state index >= 15 is 0 Å². The molecular weight excluding hydrogens is 297 g/mol. The zero-order chi connectivity index (χ0) is 14.1. The Labute approximate surface area is 104 Å². The zero-order valence-electron chi connectivity index (χ0n) is 8.62. The van der Waals surface area contributed by atoms with Crippen molar-refractivity contribution in [3.05, 3.63) is 17.3 Å². The molecule has 1 rings (SSSR count). The fraction of sp³-hybridized carbons (Fsp3) is 0.250. The molecule has 0 fully saturated rings. The summed E-state index contributed by atoms with van der Waals surface area (Å²) >= 11 is 0. The van der Waals surface area contributed by atoms with E-state index in [1.54, 1.807) is 0 Å². The number of hydrogen-bond donors (Lipinski definition) is 0. The van der Waals surface area contributed by atoms with Crippen LogP contribution in [-0.2, 0) is 9.05 Å². The molecule has 0 saturated carbocycles. The molecule has 0 saturated heterocycles. The smallest absolute Gasteiger partial charge is 0.403 e. The lowest BCUT2D eigenvalue weighted by molar-refractivity contribution is -0.274. The number of hydrogen-bond acceptors (Lipinski definition) is 5. The Bertz CT molecular complexity index is 622. The van der Waals surface area contributed by atoms with E-state index in [1.165, 1.54) is 6.07 Å². The van der Waals surface area contributed by atoms with Crippen LogP contribution in [0.2, 0.25) is 0 Å². The standard InChI is InChI=1S/C8H4ClF3N2O3S/c1-4-5(2-13)6(17-8(10,11)12)3-14-7(4)18(9,15)16/h3H,1H3. The molecule has 0 unspecified atom stereocenters. The number of alkyl halides is 3. The van der Waals surface area contributed by atoms with Crippen LogP contribution in [0.5, 0.6) is 5.75 Å². The van der Waals surface area contributed by atoms with E-state index in [4.69, 9.17) is 15.9 Å². The lowest BCUT2D eigenvalue weighted by Gasteiger charge is -2.12. The summed E-state index contributed by atoms with van der Waals surface area (Å²) in [5.74, 6) is -0.883. The van der Waals surface area contributed by atoms with Crippen molar-refractivity contribution in [1.29, 1.82) is 5.26 Å². The second-order valence-electron chi connectivity index (χ2n) is 3.03. The van der Waals surface area contributed by atoms with Crippen molar-refractivity contribution in [2.24, 2.45) is 0 Å². The highest BCUT2D eigenvalue weighted by Gasteiger charge is 2.33. The third-order valence-corrected chi connectivity index (χ3v) is 3.12.